The second kappa shape index (κ2) is 6.36. The first kappa shape index (κ1) is 12.8. The molecule has 4 heteroatoms. The minimum Gasteiger partial charge on any atom is -0.303 e. The van der Waals surface area contributed by atoms with Gasteiger partial charge < -0.3 is 4.90 Å². The fraction of sp³-hybridized carbons (Fsp3) is 0.923. The molecule has 1 saturated carbocycles. The first-order valence-corrected chi connectivity index (χ1v) is 7.02. The molecule has 0 unspecified atom stereocenters. The Hall–Kier alpha value is -0.610. The molecule has 1 heterocycles. The number of nitrogens with two attached hydrogens (primary N) is 1. The van der Waals surface area contributed by atoms with Crippen molar-refractivity contribution in [1.82, 2.24) is 10.3 Å². The van der Waals surface area contributed by atoms with Crippen molar-refractivity contribution in [2.45, 2.75) is 44.9 Å². The Labute approximate surface area is 104 Å². The number of nitrogens with one attached hydrogen (secondary N) is 1. The van der Waals surface area contributed by atoms with E-state index in [9.17, 15) is 4.79 Å². The van der Waals surface area contributed by atoms with E-state index in [0.717, 1.165) is 18.8 Å². The highest BCUT2D eigenvalue weighted by Gasteiger charge is 2.27. The van der Waals surface area contributed by atoms with Crippen molar-refractivity contribution in [2.75, 3.05) is 19.6 Å². The van der Waals surface area contributed by atoms with Crippen LogP contribution in [0, 0.1) is 11.8 Å². The van der Waals surface area contributed by atoms with Crippen LogP contribution in [0.2, 0.25) is 0 Å². The zero-order chi connectivity index (χ0) is 12.1. The average molecular weight is 239 g/mol. The van der Waals surface area contributed by atoms with Gasteiger partial charge in [0.2, 0.25) is 5.91 Å². The summed E-state index contributed by atoms with van der Waals surface area (Å²) >= 11 is 0. The lowest BCUT2D eigenvalue weighted by atomic mass is 9.81. The molecule has 0 aromatic rings. The Morgan fingerprint density at radius 1 is 1.12 bits per heavy atom. The maximum atomic E-state index is 11.4. The second-order valence-corrected chi connectivity index (χ2v) is 5.59. The van der Waals surface area contributed by atoms with Crippen LogP contribution in [0.15, 0.2) is 0 Å². The Balaban J connectivity index is 1.69. The van der Waals surface area contributed by atoms with Crippen molar-refractivity contribution in [3.8, 4) is 0 Å². The number of rotatable bonds is 3. The van der Waals surface area contributed by atoms with Crippen LogP contribution < -0.4 is 11.3 Å². The van der Waals surface area contributed by atoms with Gasteiger partial charge in [-0.3, -0.25) is 10.2 Å². The minimum absolute atomic E-state index is 0.0291. The Morgan fingerprint density at radius 2 is 1.76 bits per heavy atom. The predicted molar refractivity (Wildman–Crippen MR) is 68.1 cm³/mol. The van der Waals surface area contributed by atoms with E-state index in [-0.39, 0.29) is 11.8 Å². The molecule has 17 heavy (non-hydrogen) atoms. The maximum Gasteiger partial charge on any atom is 0.236 e. The highest BCUT2D eigenvalue weighted by Crippen LogP contribution is 2.29. The summed E-state index contributed by atoms with van der Waals surface area (Å²) in [5.41, 5.74) is 2.28. The van der Waals surface area contributed by atoms with Crippen molar-refractivity contribution in [3.63, 3.8) is 0 Å². The van der Waals surface area contributed by atoms with E-state index in [2.05, 4.69) is 10.3 Å². The second-order valence-electron chi connectivity index (χ2n) is 5.59. The van der Waals surface area contributed by atoms with Crippen LogP contribution in [0.1, 0.15) is 44.9 Å². The van der Waals surface area contributed by atoms with Gasteiger partial charge in [0.1, 0.15) is 0 Å². The van der Waals surface area contributed by atoms with Gasteiger partial charge in [0, 0.05) is 12.5 Å². The SMILES string of the molecule is NNC(=O)[C@H]1CC[C@H](CN2CCCCC2)CC1. The van der Waals surface area contributed by atoms with E-state index in [4.69, 9.17) is 5.84 Å². The third-order valence-corrected chi connectivity index (χ3v) is 4.32. The number of carbonyl (C=O) groups is 1. The third kappa shape index (κ3) is 3.68. The van der Waals surface area contributed by atoms with Crippen LogP contribution in [0.3, 0.4) is 0 Å². The molecule has 1 aliphatic carbocycles. The summed E-state index contributed by atoms with van der Waals surface area (Å²) in [4.78, 5) is 14.0. The number of hydrogen-bond donors (Lipinski definition) is 2. The molecular weight excluding hydrogens is 214 g/mol. The molecule has 0 atom stereocenters. The van der Waals surface area contributed by atoms with Crippen LogP contribution in [-0.2, 0) is 4.79 Å². The van der Waals surface area contributed by atoms with Crippen molar-refractivity contribution in [1.29, 1.82) is 0 Å². The number of piperidine rings is 1. The lowest BCUT2D eigenvalue weighted by Crippen LogP contribution is -2.39. The minimum atomic E-state index is 0.0291. The van der Waals surface area contributed by atoms with E-state index in [0.29, 0.717) is 0 Å². The summed E-state index contributed by atoms with van der Waals surface area (Å²) < 4.78 is 0. The maximum absolute atomic E-state index is 11.4. The molecule has 0 aromatic heterocycles. The van der Waals surface area contributed by atoms with E-state index in [1.54, 1.807) is 0 Å². The Morgan fingerprint density at radius 3 is 2.35 bits per heavy atom. The summed E-state index contributed by atoms with van der Waals surface area (Å²) in [5, 5.41) is 0. The van der Waals surface area contributed by atoms with Gasteiger partial charge in [-0.05, 0) is 57.5 Å². The third-order valence-electron chi connectivity index (χ3n) is 4.32. The smallest absolute Gasteiger partial charge is 0.236 e. The molecule has 2 fully saturated rings. The van der Waals surface area contributed by atoms with Crippen LogP contribution >= 0.6 is 0 Å². The summed E-state index contributed by atoms with van der Waals surface area (Å²) in [5.74, 6) is 6.17. The number of carbonyl (C=O) groups excluding carboxylic acids is 1. The van der Waals surface area contributed by atoms with Gasteiger partial charge in [-0.2, -0.15) is 0 Å². The van der Waals surface area contributed by atoms with Crippen molar-refractivity contribution in [2.24, 2.45) is 17.7 Å². The van der Waals surface area contributed by atoms with Gasteiger partial charge in [0.25, 0.3) is 0 Å². The van der Waals surface area contributed by atoms with E-state index in [1.165, 1.54) is 51.7 Å². The summed E-state index contributed by atoms with van der Waals surface area (Å²) in [6.45, 7) is 3.81. The van der Waals surface area contributed by atoms with E-state index >= 15 is 0 Å². The van der Waals surface area contributed by atoms with Gasteiger partial charge >= 0.3 is 0 Å². The van der Waals surface area contributed by atoms with Crippen molar-refractivity contribution in [3.05, 3.63) is 0 Å². The summed E-state index contributed by atoms with van der Waals surface area (Å²) in [6, 6.07) is 0. The zero-order valence-electron chi connectivity index (χ0n) is 10.7. The van der Waals surface area contributed by atoms with Gasteiger partial charge in [-0.15, -0.1) is 0 Å². The number of nitrogens with zero attached hydrogens (tertiary/aromatic N) is 1. The molecule has 1 amide bonds. The molecule has 98 valence electrons. The van der Waals surface area contributed by atoms with Crippen LogP contribution in [0.4, 0.5) is 0 Å². The fourth-order valence-electron chi connectivity index (χ4n) is 3.23. The number of hydrazine groups is 1. The highest BCUT2D eigenvalue weighted by atomic mass is 16.2. The van der Waals surface area contributed by atoms with Crippen molar-refractivity contribution < 1.29 is 4.79 Å². The largest absolute Gasteiger partial charge is 0.303 e. The molecule has 4 nitrogen and oxygen atoms in total. The van der Waals surface area contributed by atoms with Gasteiger partial charge in [0.15, 0.2) is 0 Å². The number of amides is 1. The molecule has 0 spiro atoms. The number of hydrogen-bond acceptors (Lipinski definition) is 3. The summed E-state index contributed by atoms with van der Waals surface area (Å²) in [6.07, 6.45) is 8.54. The fourth-order valence-corrected chi connectivity index (χ4v) is 3.23. The van der Waals surface area contributed by atoms with Crippen LogP contribution in [0.5, 0.6) is 0 Å². The van der Waals surface area contributed by atoms with Crippen LogP contribution in [0.25, 0.3) is 0 Å². The average Bonchev–Trinajstić information content (AvgIpc) is 2.40. The van der Waals surface area contributed by atoms with E-state index < -0.39 is 0 Å². The molecule has 0 aromatic carbocycles. The lowest BCUT2D eigenvalue weighted by Gasteiger charge is -2.33. The first-order valence-electron chi connectivity index (χ1n) is 7.02. The van der Waals surface area contributed by atoms with Crippen LogP contribution in [-0.4, -0.2) is 30.4 Å². The van der Waals surface area contributed by atoms with Gasteiger partial charge in [0.05, 0.1) is 0 Å². The van der Waals surface area contributed by atoms with Crippen molar-refractivity contribution >= 4 is 5.91 Å². The normalized spacial score (nSPS) is 31.1. The van der Waals surface area contributed by atoms with Gasteiger partial charge in [-0.1, -0.05) is 6.42 Å². The Kier molecular flexibility index (Phi) is 4.80. The topological polar surface area (TPSA) is 58.4 Å². The van der Waals surface area contributed by atoms with E-state index in [1.807, 2.05) is 0 Å². The monoisotopic (exact) mass is 239 g/mol. The molecule has 0 radical (unpaired) electrons. The highest BCUT2D eigenvalue weighted by molar-refractivity contribution is 5.77. The standard InChI is InChI=1S/C13H25N3O/c14-15-13(17)12-6-4-11(5-7-12)10-16-8-2-1-3-9-16/h11-12H,1-10,14H2,(H,15,17)/t11-,12-. The molecule has 2 aliphatic rings. The molecule has 1 aliphatic heterocycles. The predicted octanol–water partition coefficient (Wildman–Crippen LogP) is 1.27. The zero-order valence-corrected chi connectivity index (χ0v) is 10.7. The summed E-state index contributed by atoms with van der Waals surface area (Å²) in [7, 11) is 0. The molecule has 3 N–H and O–H groups in total. The Bertz CT molecular complexity index is 243. The first-order chi connectivity index (χ1) is 8.29. The number of likely N-dealkylation sites (tertiary alicyclic amines) is 1. The molecular formula is C13H25N3O. The molecule has 2 rings (SSSR count). The lowest BCUT2D eigenvalue weighted by molar-refractivity contribution is -0.126. The molecule has 1 saturated heterocycles. The molecule has 0 bridgehead atoms. The van der Waals surface area contributed by atoms with Gasteiger partial charge in [-0.25, -0.2) is 5.84 Å². The quantitative estimate of drug-likeness (QED) is 0.443.